The first-order valence-corrected chi connectivity index (χ1v) is 5.93. The minimum Gasteiger partial charge on any atom is -0.384 e. The van der Waals surface area contributed by atoms with Crippen LogP contribution in [-0.4, -0.2) is 19.1 Å². The molecule has 0 fully saturated rings. The average molecular weight is 234 g/mol. The van der Waals surface area contributed by atoms with E-state index in [1.165, 1.54) is 0 Å². The van der Waals surface area contributed by atoms with Gasteiger partial charge in [-0.25, -0.2) is 5.48 Å². The first-order valence-electron chi connectivity index (χ1n) is 5.93. The third-order valence-electron chi connectivity index (χ3n) is 2.74. The molecule has 1 amide bonds. The van der Waals surface area contributed by atoms with Gasteiger partial charge in [-0.15, -0.1) is 0 Å². The maximum Gasteiger partial charge on any atom is 0.252 e. The van der Waals surface area contributed by atoms with Crippen LogP contribution in [0.25, 0.3) is 0 Å². The Bertz CT molecular complexity index is 404. The number of hydrogen-bond acceptors (Lipinski definition) is 3. The number of anilines is 1. The predicted molar refractivity (Wildman–Crippen MR) is 66.6 cm³/mol. The molecule has 1 aliphatic rings. The van der Waals surface area contributed by atoms with Crippen LogP contribution in [0.15, 0.2) is 24.3 Å². The van der Waals surface area contributed by atoms with Crippen molar-refractivity contribution in [3.05, 3.63) is 29.8 Å². The molecule has 17 heavy (non-hydrogen) atoms. The lowest BCUT2D eigenvalue weighted by Gasteiger charge is -2.12. The Labute approximate surface area is 101 Å². The molecule has 1 aliphatic heterocycles. The summed E-state index contributed by atoms with van der Waals surface area (Å²) in [6, 6.07) is 7.86. The number of benzene rings is 1. The first kappa shape index (κ1) is 11.9. The van der Waals surface area contributed by atoms with Gasteiger partial charge in [0, 0.05) is 12.2 Å². The molecule has 4 heteroatoms. The standard InChI is InChI=1S/C13H18N2O2/c1-9(2)8-17-15-13(16)11-7-14-12-6-4-3-5-10(11)12/h3-6,9,11,14H,7-8H2,1-2H3,(H,15,16). The van der Waals surface area contributed by atoms with Crippen LogP contribution in [0.4, 0.5) is 5.69 Å². The number of nitrogens with one attached hydrogen (secondary N) is 2. The Morgan fingerprint density at radius 2 is 2.29 bits per heavy atom. The van der Waals surface area contributed by atoms with E-state index in [1.807, 2.05) is 38.1 Å². The van der Waals surface area contributed by atoms with Crippen molar-refractivity contribution in [3.8, 4) is 0 Å². The predicted octanol–water partition coefficient (Wildman–Crippen LogP) is 1.90. The Balaban J connectivity index is 1.93. The van der Waals surface area contributed by atoms with E-state index in [2.05, 4.69) is 10.8 Å². The molecular formula is C13H18N2O2. The van der Waals surface area contributed by atoms with Crippen molar-refractivity contribution in [3.63, 3.8) is 0 Å². The molecule has 4 nitrogen and oxygen atoms in total. The van der Waals surface area contributed by atoms with Gasteiger partial charge in [-0.3, -0.25) is 9.63 Å². The highest BCUT2D eigenvalue weighted by Gasteiger charge is 2.28. The summed E-state index contributed by atoms with van der Waals surface area (Å²) in [7, 11) is 0. The summed E-state index contributed by atoms with van der Waals surface area (Å²) in [5, 5.41) is 3.21. The fourth-order valence-corrected chi connectivity index (χ4v) is 1.87. The molecule has 0 aliphatic carbocycles. The van der Waals surface area contributed by atoms with Crippen LogP contribution in [0.5, 0.6) is 0 Å². The van der Waals surface area contributed by atoms with Crippen LogP contribution >= 0.6 is 0 Å². The van der Waals surface area contributed by atoms with Gasteiger partial charge in [0.2, 0.25) is 0 Å². The molecule has 1 unspecified atom stereocenters. The van der Waals surface area contributed by atoms with Gasteiger partial charge in [0.25, 0.3) is 5.91 Å². The molecule has 0 spiro atoms. The monoisotopic (exact) mass is 234 g/mol. The molecule has 1 aromatic rings. The fraction of sp³-hybridized carbons (Fsp3) is 0.462. The highest BCUT2D eigenvalue weighted by atomic mass is 16.6. The van der Waals surface area contributed by atoms with E-state index in [9.17, 15) is 4.79 Å². The lowest BCUT2D eigenvalue weighted by molar-refractivity contribution is -0.135. The van der Waals surface area contributed by atoms with Gasteiger partial charge in [-0.05, 0) is 17.5 Å². The van der Waals surface area contributed by atoms with Crippen molar-refractivity contribution < 1.29 is 9.63 Å². The molecule has 0 saturated carbocycles. The number of carbonyl (C=O) groups excluding carboxylic acids is 1. The van der Waals surface area contributed by atoms with Gasteiger partial charge >= 0.3 is 0 Å². The number of carbonyl (C=O) groups is 1. The van der Waals surface area contributed by atoms with Crippen molar-refractivity contribution in [2.75, 3.05) is 18.5 Å². The van der Waals surface area contributed by atoms with Gasteiger partial charge in [0.15, 0.2) is 0 Å². The molecule has 0 aromatic heterocycles. The molecule has 2 rings (SSSR count). The molecule has 0 saturated heterocycles. The Hall–Kier alpha value is -1.55. The van der Waals surface area contributed by atoms with E-state index in [-0.39, 0.29) is 11.8 Å². The number of hydroxylamine groups is 1. The lowest BCUT2D eigenvalue weighted by Crippen LogP contribution is -2.31. The zero-order chi connectivity index (χ0) is 12.3. The van der Waals surface area contributed by atoms with Gasteiger partial charge in [-0.2, -0.15) is 0 Å². The van der Waals surface area contributed by atoms with Crippen LogP contribution in [0.3, 0.4) is 0 Å². The number of rotatable bonds is 4. The maximum absolute atomic E-state index is 11.9. The molecular weight excluding hydrogens is 216 g/mol. The van der Waals surface area contributed by atoms with Crippen LogP contribution in [-0.2, 0) is 9.63 Å². The third-order valence-corrected chi connectivity index (χ3v) is 2.74. The van der Waals surface area contributed by atoms with Crippen LogP contribution < -0.4 is 10.8 Å². The van der Waals surface area contributed by atoms with Gasteiger partial charge in [0.05, 0.1) is 12.5 Å². The molecule has 1 atom stereocenters. The van der Waals surface area contributed by atoms with E-state index in [0.29, 0.717) is 19.1 Å². The lowest BCUT2D eigenvalue weighted by atomic mass is 10.0. The summed E-state index contributed by atoms with van der Waals surface area (Å²) in [5.74, 6) is 0.172. The van der Waals surface area contributed by atoms with Crippen molar-refractivity contribution in [2.45, 2.75) is 19.8 Å². The number of hydrogen-bond donors (Lipinski definition) is 2. The van der Waals surface area contributed by atoms with E-state index in [4.69, 9.17) is 4.84 Å². The topological polar surface area (TPSA) is 50.4 Å². The second kappa shape index (κ2) is 5.19. The summed E-state index contributed by atoms with van der Waals surface area (Å²) in [4.78, 5) is 17.1. The minimum absolute atomic E-state index is 0.0805. The molecule has 92 valence electrons. The zero-order valence-corrected chi connectivity index (χ0v) is 10.2. The zero-order valence-electron chi connectivity index (χ0n) is 10.2. The van der Waals surface area contributed by atoms with Gasteiger partial charge < -0.3 is 5.32 Å². The summed E-state index contributed by atoms with van der Waals surface area (Å²) in [6.45, 7) is 5.25. The molecule has 1 aromatic carbocycles. The summed E-state index contributed by atoms with van der Waals surface area (Å²) in [5.41, 5.74) is 4.60. The third kappa shape index (κ3) is 2.77. The molecule has 0 bridgehead atoms. The van der Waals surface area contributed by atoms with Crippen molar-refractivity contribution >= 4 is 11.6 Å². The second-order valence-corrected chi connectivity index (χ2v) is 4.69. The smallest absolute Gasteiger partial charge is 0.252 e. The number of para-hydroxylation sites is 1. The summed E-state index contributed by atoms with van der Waals surface area (Å²) in [6.07, 6.45) is 0. The highest BCUT2D eigenvalue weighted by molar-refractivity contribution is 5.87. The Kier molecular flexibility index (Phi) is 3.64. The molecule has 0 radical (unpaired) electrons. The Morgan fingerprint density at radius 1 is 1.53 bits per heavy atom. The van der Waals surface area contributed by atoms with E-state index in [0.717, 1.165) is 11.3 Å². The first-order chi connectivity index (χ1) is 8.18. The van der Waals surface area contributed by atoms with Gasteiger partial charge in [0.1, 0.15) is 0 Å². The summed E-state index contributed by atoms with van der Waals surface area (Å²) < 4.78 is 0. The van der Waals surface area contributed by atoms with Crippen LogP contribution in [0.2, 0.25) is 0 Å². The highest BCUT2D eigenvalue weighted by Crippen LogP contribution is 2.30. The van der Waals surface area contributed by atoms with Crippen molar-refractivity contribution in [2.24, 2.45) is 5.92 Å². The largest absolute Gasteiger partial charge is 0.384 e. The molecule has 1 heterocycles. The van der Waals surface area contributed by atoms with Crippen LogP contribution in [0, 0.1) is 5.92 Å². The Morgan fingerprint density at radius 3 is 3.06 bits per heavy atom. The number of amides is 1. The fourth-order valence-electron chi connectivity index (χ4n) is 1.87. The van der Waals surface area contributed by atoms with E-state index < -0.39 is 0 Å². The van der Waals surface area contributed by atoms with Crippen LogP contribution in [0.1, 0.15) is 25.3 Å². The van der Waals surface area contributed by atoms with E-state index >= 15 is 0 Å². The maximum atomic E-state index is 11.9. The normalized spacial score (nSPS) is 17.7. The van der Waals surface area contributed by atoms with Crippen molar-refractivity contribution in [1.29, 1.82) is 0 Å². The average Bonchev–Trinajstić information content (AvgIpc) is 2.72. The molecule has 2 N–H and O–H groups in total. The van der Waals surface area contributed by atoms with Gasteiger partial charge in [-0.1, -0.05) is 32.0 Å². The second-order valence-electron chi connectivity index (χ2n) is 4.69. The SMILES string of the molecule is CC(C)CONC(=O)C1CNc2ccccc21. The summed E-state index contributed by atoms with van der Waals surface area (Å²) >= 11 is 0. The van der Waals surface area contributed by atoms with E-state index in [1.54, 1.807) is 0 Å². The van der Waals surface area contributed by atoms with Crippen molar-refractivity contribution in [1.82, 2.24) is 5.48 Å². The quantitative estimate of drug-likeness (QED) is 0.782. The minimum atomic E-state index is -0.154. The number of fused-ring (bicyclic) bond motifs is 1.